The predicted molar refractivity (Wildman–Crippen MR) is 76.6 cm³/mol. The van der Waals surface area contributed by atoms with E-state index in [0.717, 1.165) is 13.1 Å². The summed E-state index contributed by atoms with van der Waals surface area (Å²) in [5.41, 5.74) is 2.97. The van der Waals surface area contributed by atoms with Gasteiger partial charge in [-0.15, -0.1) is 0 Å². The number of aryl methyl sites for hydroxylation is 1. The molecule has 0 aromatic heterocycles. The van der Waals surface area contributed by atoms with Gasteiger partial charge in [0.1, 0.15) is 0 Å². The van der Waals surface area contributed by atoms with Crippen molar-refractivity contribution in [3.8, 4) is 0 Å². The van der Waals surface area contributed by atoms with Crippen LogP contribution in [0.1, 0.15) is 56.6 Å². The van der Waals surface area contributed by atoms with Gasteiger partial charge in [-0.25, -0.2) is 0 Å². The summed E-state index contributed by atoms with van der Waals surface area (Å²) >= 11 is 0. The van der Waals surface area contributed by atoms with Crippen molar-refractivity contribution in [1.29, 1.82) is 0 Å². The van der Waals surface area contributed by atoms with Crippen LogP contribution >= 0.6 is 0 Å². The van der Waals surface area contributed by atoms with Crippen molar-refractivity contribution in [2.75, 3.05) is 13.1 Å². The average molecular weight is 233 g/mol. The van der Waals surface area contributed by atoms with Gasteiger partial charge in [-0.1, -0.05) is 57.4 Å². The highest BCUT2D eigenvalue weighted by molar-refractivity contribution is 5.29. The van der Waals surface area contributed by atoms with Gasteiger partial charge in [0.05, 0.1) is 0 Å². The number of benzene rings is 1. The molecule has 17 heavy (non-hydrogen) atoms. The molecule has 0 aliphatic rings. The van der Waals surface area contributed by atoms with Gasteiger partial charge in [0.15, 0.2) is 0 Å². The Morgan fingerprint density at radius 1 is 1.12 bits per heavy atom. The molecule has 0 spiro atoms. The lowest BCUT2D eigenvalue weighted by atomic mass is 9.90. The van der Waals surface area contributed by atoms with E-state index in [-0.39, 0.29) is 0 Å². The van der Waals surface area contributed by atoms with Gasteiger partial charge in [-0.3, -0.25) is 0 Å². The highest BCUT2D eigenvalue weighted by Crippen LogP contribution is 2.24. The molecule has 1 nitrogen and oxygen atoms in total. The van der Waals surface area contributed by atoms with Gasteiger partial charge in [-0.05, 0) is 36.9 Å². The quantitative estimate of drug-likeness (QED) is 0.661. The first-order chi connectivity index (χ1) is 8.29. The van der Waals surface area contributed by atoms with Crippen molar-refractivity contribution in [1.82, 2.24) is 5.32 Å². The molecule has 0 saturated carbocycles. The summed E-state index contributed by atoms with van der Waals surface area (Å²) in [5.74, 6) is 0.683. The number of nitrogens with one attached hydrogen (secondary N) is 1. The van der Waals surface area contributed by atoms with Gasteiger partial charge in [0.2, 0.25) is 0 Å². The van der Waals surface area contributed by atoms with Crippen LogP contribution in [0.2, 0.25) is 0 Å². The van der Waals surface area contributed by atoms with Crippen LogP contribution in [-0.2, 0) is 0 Å². The summed E-state index contributed by atoms with van der Waals surface area (Å²) in [4.78, 5) is 0. The van der Waals surface area contributed by atoms with Gasteiger partial charge < -0.3 is 5.32 Å². The van der Waals surface area contributed by atoms with Gasteiger partial charge in [0, 0.05) is 6.54 Å². The molecule has 0 fully saturated rings. The van der Waals surface area contributed by atoms with E-state index < -0.39 is 0 Å². The number of hydrogen-bond acceptors (Lipinski definition) is 1. The number of rotatable bonds is 8. The van der Waals surface area contributed by atoms with E-state index in [1.54, 1.807) is 0 Å². The topological polar surface area (TPSA) is 12.0 Å². The monoisotopic (exact) mass is 233 g/mol. The zero-order valence-electron chi connectivity index (χ0n) is 11.6. The summed E-state index contributed by atoms with van der Waals surface area (Å²) in [6.07, 6.45) is 5.32. The smallest absolute Gasteiger partial charge is 0.00201 e. The van der Waals surface area contributed by atoms with E-state index in [4.69, 9.17) is 0 Å². The van der Waals surface area contributed by atoms with Gasteiger partial charge in [0.25, 0.3) is 0 Å². The Hall–Kier alpha value is -0.820. The average Bonchev–Trinajstić information content (AvgIpc) is 2.35. The van der Waals surface area contributed by atoms with E-state index in [0.29, 0.717) is 5.92 Å². The van der Waals surface area contributed by atoms with Crippen LogP contribution in [-0.4, -0.2) is 13.1 Å². The molecule has 1 aromatic carbocycles. The van der Waals surface area contributed by atoms with Crippen LogP contribution in [0.4, 0.5) is 0 Å². The molecule has 1 heteroatoms. The second-order valence-electron chi connectivity index (χ2n) is 4.86. The lowest BCUT2D eigenvalue weighted by Gasteiger charge is -2.19. The molecule has 1 unspecified atom stereocenters. The van der Waals surface area contributed by atoms with E-state index in [2.05, 4.69) is 50.4 Å². The van der Waals surface area contributed by atoms with Crippen LogP contribution in [0.25, 0.3) is 0 Å². The highest BCUT2D eigenvalue weighted by atomic mass is 14.8. The molecular formula is C16H27N. The largest absolute Gasteiger partial charge is 0.316 e. The molecule has 0 aliphatic heterocycles. The Morgan fingerprint density at radius 3 is 2.53 bits per heavy atom. The zero-order valence-corrected chi connectivity index (χ0v) is 11.6. The number of unbranched alkanes of at least 4 members (excludes halogenated alkanes) is 2. The maximum absolute atomic E-state index is 3.50. The maximum Gasteiger partial charge on any atom is 0.00201 e. The molecular weight excluding hydrogens is 206 g/mol. The third-order valence-electron chi connectivity index (χ3n) is 3.43. The van der Waals surface area contributed by atoms with Crippen LogP contribution in [0.5, 0.6) is 0 Å². The third kappa shape index (κ3) is 4.91. The van der Waals surface area contributed by atoms with Crippen molar-refractivity contribution in [3.05, 3.63) is 35.4 Å². The molecule has 1 rings (SSSR count). The normalized spacial score (nSPS) is 12.6. The molecule has 0 radical (unpaired) electrons. The fraction of sp³-hybridized carbons (Fsp3) is 0.625. The van der Waals surface area contributed by atoms with Crippen molar-refractivity contribution in [2.45, 2.75) is 52.4 Å². The van der Waals surface area contributed by atoms with Crippen molar-refractivity contribution < 1.29 is 0 Å². The van der Waals surface area contributed by atoms with E-state index in [1.807, 2.05) is 0 Å². The maximum atomic E-state index is 3.50. The first kappa shape index (κ1) is 14.2. The lowest BCUT2D eigenvalue weighted by Crippen LogP contribution is -2.21. The second kappa shape index (κ2) is 8.30. The lowest BCUT2D eigenvalue weighted by molar-refractivity contribution is 0.526. The van der Waals surface area contributed by atoms with Gasteiger partial charge >= 0.3 is 0 Å². The molecule has 0 amide bonds. The molecule has 0 saturated heterocycles. The highest BCUT2D eigenvalue weighted by Gasteiger charge is 2.12. The molecule has 0 aliphatic carbocycles. The molecule has 1 aromatic rings. The third-order valence-corrected chi connectivity index (χ3v) is 3.43. The molecule has 96 valence electrons. The molecule has 1 atom stereocenters. The fourth-order valence-corrected chi connectivity index (χ4v) is 2.37. The standard InChI is InChI=1S/C16H27N/c1-4-6-7-11-15(13-17-5-2)16-12-9-8-10-14(16)3/h8-10,12,15,17H,4-7,11,13H2,1-3H3. The van der Waals surface area contributed by atoms with Crippen LogP contribution in [0.15, 0.2) is 24.3 Å². The molecule has 0 bridgehead atoms. The Morgan fingerprint density at radius 2 is 1.88 bits per heavy atom. The van der Waals surface area contributed by atoms with E-state index in [1.165, 1.54) is 36.8 Å². The van der Waals surface area contributed by atoms with Crippen molar-refractivity contribution >= 4 is 0 Å². The van der Waals surface area contributed by atoms with Crippen molar-refractivity contribution in [3.63, 3.8) is 0 Å². The van der Waals surface area contributed by atoms with Crippen molar-refractivity contribution in [2.24, 2.45) is 0 Å². The Bertz CT molecular complexity index is 306. The summed E-state index contributed by atoms with van der Waals surface area (Å²) in [7, 11) is 0. The van der Waals surface area contributed by atoms with Crippen LogP contribution < -0.4 is 5.32 Å². The Labute approximate surface area is 107 Å². The van der Waals surface area contributed by atoms with Gasteiger partial charge in [-0.2, -0.15) is 0 Å². The minimum absolute atomic E-state index is 0.683. The zero-order chi connectivity index (χ0) is 12.5. The van der Waals surface area contributed by atoms with Crippen LogP contribution in [0.3, 0.4) is 0 Å². The molecule has 1 N–H and O–H groups in total. The minimum Gasteiger partial charge on any atom is -0.316 e. The SMILES string of the molecule is CCCCCC(CNCC)c1ccccc1C. The Kier molecular flexibility index (Phi) is 6.95. The summed E-state index contributed by atoms with van der Waals surface area (Å²) < 4.78 is 0. The first-order valence-corrected chi connectivity index (χ1v) is 7.05. The van der Waals surface area contributed by atoms with E-state index >= 15 is 0 Å². The fourth-order valence-electron chi connectivity index (χ4n) is 2.37. The number of hydrogen-bond donors (Lipinski definition) is 1. The second-order valence-corrected chi connectivity index (χ2v) is 4.86. The summed E-state index contributed by atoms with van der Waals surface area (Å²) in [6.45, 7) is 8.86. The molecule has 0 heterocycles. The minimum atomic E-state index is 0.683. The summed E-state index contributed by atoms with van der Waals surface area (Å²) in [5, 5.41) is 3.50. The van der Waals surface area contributed by atoms with E-state index in [9.17, 15) is 0 Å². The first-order valence-electron chi connectivity index (χ1n) is 7.05. The van der Waals surface area contributed by atoms with Crippen LogP contribution in [0, 0.1) is 6.92 Å². The predicted octanol–water partition coefficient (Wildman–Crippen LogP) is 4.27. The number of likely N-dealkylation sites (N-methyl/N-ethyl adjacent to an activating group) is 1. The Balaban J connectivity index is 2.64. The summed E-state index contributed by atoms with van der Waals surface area (Å²) in [6, 6.07) is 8.83.